The van der Waals surface area contributed by atoms with E-state index in [2.05, 4.69) is 36.3 Å². The number of hydrogen-bond acceptors (Lipinski definition) is 4. The zero-order valence-electron chi connectivity index (χ0n) is 10.8. The monoisotopic (exact) mass is 258 g/mol. The second kappa shape index (κ2) is 7.55. The summed E-state index contributed by atoms with van der Waals surface area (Å²) < 4.78 is 1.71. The van der Waals surface area contributed by atoms with Crippen LogP contribution in [-0.2, 0) is 6.54 Å². The predicted octanol–water partition coefficient (Wildman–Crippen LogP) is 1.46. The molecule has 98 valence electrons. The van der Waals surface area contributed by atoms with Crippen LogP contribution in [0, 0.1) is 0 Å². The topological polar surface area (TPSA) is 62.7 Å². The van der Waals surface area contributed by atoms with Crippen molar-refractivity contribution >= 4 is 11.8 Å². The minimum atomic E-state index is -0.102. The second-order valence-corrected chi connectivity index (χ2v) is 5.34. The third kappa shape index (κ3) is 4.95. The van der Waals surface area contributed by atoms with E-state index < -0.39 is 0 Å². The van der Waals surface area contributed by atoms with Crippen LogP contribution >= 0.6 is 11.8 Å². The third-order valence-electron chi connectivity index (χ3n) is 2.28. The van der Waals surface area contributed by atoms with Gasteiger partial charge in [-0.15, -0.1) is 5.10 Å². The molecule has 0 aliphatic rings. The summed E-state index contributed by atoms with van der Waals surface area (Å²) in [5, 5.41) is 10.7. The number of nitrogens with one attached hydrogen (secondary N) is 2. The fourth-order valence-corrected chi connectivity index (χ4v) is 2.37. The highest BCUT2D eigenvalue weighted by Crippen LogP contribution is 2.14. The van der Waals surface area contributed by atoms with Crippen molar-refractivity contribution < 1.29 is 0 Å². The predicted molar refractivity (Wildman–Crippen MR) is 71.6 cm³/mol. The van der Waals surface area contributed by atoms with Crippen LogP contribution in [0.4, 0.5) is 0 Å². The molecule has 6 heteroatoms. The summed E-state index contributed by atoms with van der Waals surface area (Å²) in [7, 11) is 0. The lowest BCUT2D eigenvalue weighted by molar-refractivity contribution is 0.584. The second-order valence-electron chi connectivity index (χ2n) is 4.27. The lowest BCUT2D eigenvalue weighted by Gasteiger charge is -2.07. The van der Waals surface area contributed by atoms with Crippen LogP contribution in [0.5, 0.6) is 0 Å². The summed E-state index contributed by atoms with van der Waals surface area (Å²) in [6.45, 7) is 8.08. The average Bonchev–Trinajstić information content (AvgIpc) is 2.61. The molecule has 0 bridgehead atoms. The molecule has 0 saturated heterocycles. The number of thioether (sulfide) groups is 1. The van der Waals surface area contributed by atoms with Crippen LogP contribution in [0.15, 0.2) is 9.95 Å². The molecular formula is C11H22N4OS. The van der Waals surface area contributed by atoms with Crippen molar-refractivity contribution in [3.8, 4) is 0 Å². The first-order chi connectivity index (χ1) is 8.15. The summed E-state index contributed by atoms with van der Waals surface area (Å²) >= 11 is 1.64. The molecule has 0 aliphatic heterocycles. The number of H-pyrrole nitrogens is 1. The van der Waals surface area contributed by atoms with Gasteiger partial charge in [0, 0.05) is 18.3 Å². The standard InChI is InChI=1S/C11H22N4OS/c1-4-7-15-10(16)13-14-11(15)17-8-5-6-12-9(2)3/h9,12H,4-8H2,1-3H3,(H,13,16). The van der Waals surface area contributed by atoms with Gasteiger partial charge in [0.1, 0.15) is 0 Å². The molecule has 0 spiro atoms. The highest BCUT2D eigenvalue weighted by molar-refractivity contribution is 7.99. The number of aromatic amines is 1. The molecule has 0 atom stereocenters. The Bertz CT molecular complexity index is 372. The first-order valence-electron chi connectivity index (χ1n) is 6.16. The Balaban J connectivity index is 2.33. The SMILES string of the molecule is CCCn1c(SCCCNC(C)C)n[nH]c1=O. The number of aromatic nitrogens is 3. The molecule has 2 N–H and O–H groups in total. The van der Waals surface area contributed by atoms with E-state index in [1.807, 2.05) is 0 Å². The molecular weight excluding hydrogens is 236 g/mol. The molecule has 0 fully saturated rings. The first kappa shape index (κ1) is 14.3. The lowest BCUT2D eigenvalue weighted by atomic mass is 10.4. The van der Waals surface area contributed by atoms with Crippen molar-refractivity contribution in [2.75, 3.05) is 12.3 Å². The maximum Gasteiger partial charge on any atom is 0.343 e. The van der Waals surface area contributed by atoms with Gasteiger partial charge in [-0.3, -0.25) is 4.57 Å². The fraction of sp³-hybridized carbons (Fsp3) is 0.818. The van der Waals surface area contributed by atoms with E-state index in [1.54, 1.807) is 16.3 Å². The molecule has 1 aromatic heterocycles. The fourth-order valence-electron chi connectivity index (χ4n) is 1.46. The summed E-state index contributed by atoms with van der Waals surface area (Å²) in [6.07, 6.45) is 2.03. The molecule has 17 heavy (non-hydrogen) atoms. The smallest absolute Gasteiger partial charge is 0.315 e. The van der Waals surface area contributed by atoms with Gasteiger partial charge in [-0.2, -0.15) is 0 Å². The highest BCUT2D eigenvalue weighted by atomic mass is 32.2. The van der Waals surface area contributed by atoms with Gasteiger partial charge in [0.05, 0.1) is 0 Å². The van der Waals surface area contributed by atoms with E-state index in [4.69, 9.17) is 0 Å². The van der Waals surface area contributed by atoms with E-state index in [0.29, 0.717) is 6.04 Å². The molecule has 0 unspecified atom stereocenters. The minimum absolute atomic E-state index is 0.102. The Morgan fingerprint density at radius 1 is 1.53 bits per heavy atom. The van der Waals surface area contributed by atoms with Crippen molar-refractivity contribution in [2.24, 2.45) is 0 Å². The van der Waals surface area contributed by atoms with E-state index >= 15 is 0 Å². The molecule has 1 heterocycles. The molecule has 0 amide bonds. The van der Waals surface area contributed by atoms with Crippen LogP contribution in [-0.4, -0.2) is 33.1 Å². The molecule has 0 aromatic carbocycles. The van der Waals surface area contributed by atoms with E-state index in [0.717, 1.165) is 36.8 Å². The summed E-state index contributed by atoms with van der Waals surface area (Å²) in [5.41, 5.74) is -0.102. The maximum atomic E-state index is 11.4. The Hall–Kier alpha value is -0.750. The van der Waals surface area contributed by atoms with Crippen LogP contribution in [0.2, 0.25) is 0 Å². The quantitative estimate of drug-likeness (QED) is 0.547. The van der Waals surface area contributed by atoms with Crippen LogP contribution < -0.4 is 11.0 Å². The van der Waals surface area contributed by atoms with Gasteiger partial charge in [0.15, 0.2) is 5.16 Å². The van der Waals surface area contributed by atoms with Gasteiger partial charge < -0.3 is 5.32 Å². The normalized spacial score (nSPS) is 11.3. The number of rotatable bonds is 8. The van der Waals surface area contributed by atoms with Crippen molar-refractivity contribution in [2.45, 2.75) is 51.4 Å². The largest absolute Gasteiger partial charge is 0.343 e. The maximum absolute atomic E-state index is 11.4. The van der Waals surface area contributed by atoms with Crippen molar-refractivity contribution in [3.05, 3.63) is 10.5 Å². The molecule has 5 nitrogen and oxygen atoms in total. The van der Waals surface area contributed by atoms with Crippen molar-refractivity contribution in [1.82, 2.24) is 20.1 Å². The van der Waals surface area contributed by atoms with Gasteiger partial charge >= 0.3 is 5.69 Å². The summed E-state index contributed by atoms with van der Waals surface area (Å²) in [4.78, 5) is 11.4. The van der Waals surface area contributed by atoms with E-state index in [9.17, 15) is 4.79 Å². The average molecular weight is 258 g/mol. The zero-order chi connectivity index (χ0) is 12.7. The van der Waals surface area contributed by atoms with Gasteiger partial charge in [0.25, 0.3) is 0 Å². The van der Waals surface area contributed by atoms with Gasteiger partial charge in [-0.1, -0.05) is 32.5 Å². The Kier molecular flexibility index (Phi) is 6.36. The van der Waals surface area contributed by atoms with Gasteiger partial charge in [0.2, 0.25) is 0 Å². The Morgan fingerprint density at radius 2 is 2.29 bits per heavy atom. The van der Waals surface area contributed by atoms with Gasteiger partial charge in [-0.25, -0.2) is 9.89 Å². The van der Waals surface area contributed by atoms with E-state index in [-0.39, 0.29) is 5.69 Å². The molecule has 0 radical (unpaired) electrons. The zero-order valence-corrected chi connectivity index (χ0v) is 11.6. The number of nitrogens with zero attached hydrogens (tertiary/aromatic N) is 2. The highest BCUT2D eigenvalue weighted by Gasteiger charge is 2.07. The van der Waals surface area contributed by atoms with Crippen molar-refractivity contribution in [3.63, 3.8) is 0 Å². The molecule has 0 saturated carbocycles. The van der Waals surface area contributed by atoms with Crippen LogP contribution in [0.1, 0.15) is 33.6 Å². The molecule has 0 aliphatic carbocycles. The Morgan fingerprint density at radius 3 is 2.94 bits per heavy atom. The van der Waals surface area contributed by atoms with Crippen LogP contribution in [0.25, 0.3) is 0 Å². The lowest BCUT2D eigenvalue weighted by Crippen LogP contribution is -2.24. The first-order valence-corrected chi connectivity index (χ1v) is 7.15. The Labute approximate surface area is 106 Å². The third-order valence-corrected chi connectivity index (χ3v) is 3.34. The van der Waals surface area contributed by atoms with Crippen LogP contribution in [0.3, 0.4) is 0 Å². The van der Waals surface area contributed by atoms with E-state index in [1.165, 1.54) is 0 Å². The minimum Gasteiger partial charge on any atom is -0.315 e. The molecule has 1 aromatic rings. The summed E-state index contributed by atoms with van der Waals surface area (Å²) in [6, 6.07) is 0.531. The van der Waals surface area contributed by atoms with Crippen molar-refractivity contribution in [1.29, 1.82) is 0 Å². The summed E-state index contributed by atoms with van der Waals surface area (Å²) in [5.74, 6) is 0.980. The molecule has 1 rings (SSSR count). The van der Waals surface area contributed by atoms with Gasteiger partial charge in [-0.05, 0) is 19.4 Å². The number of hydrogen-bond donors (Lipinski definition) is 2.